The summed E-state index contributed by atoms with van der Waals surface area (Å²) in [7, 11) is 0. The van der Waals surface area contributed by atoms with Crippen LogP contribution < -0.4 is 5.73 Å². The summed E-state index contributed by atoms with van der Waals surface area (Å²) in [5.41, 5.74) is 8.29. The molecule has 13 heavy (non-hydrogen) atoms. The Hall–Kier alpha value is -0.860. The molecule has 3 N–H and O–H groups in total. The van der Waals surface area contributed by atoms with Crippen molar-refractivity contribution in [3.63, 3.8) is 0 Å². The van der Waals surface area contributed by atoms with Crippen molar-refractivity contribution < 1.29 is 5.11 Å². The Morgan fingerprint density at radius 3 is 3.00 bits per heavy atom. The van der Waals surface area contributed by atoms with Gasteiger partial charge in [0.25, 0.3) is 0 Å². The van der Waals surface area contributed by atoms with E-state index in [1.165, 1.54) is 11.1 Å². The smallest absolute Gasteiger partial charge is 0.102 e. The van der Waals surface area contributed by atoms with Crippen LogP contribution in [0.1, 0.15) is 23.1 Å². The summed E-state index contributed by atoms with van der Waals surface area (Å²) in [6, 6.07) is 6.23. The summed E-state index contributed by atoms with van der Waals surface area (Å²) in [5, 5.41) is 10.2. The lowest BCUT2D eigenvalue weighted by Gasteiger charge is -2.21. The van der Waals surface area contributed by atoms with Crippen molar-refractivity contribution in [2.45, 2.75) is 25.4 Å². The fourth-order valence-electron chi connectivity index (χ4n) is 2.03. The summed E-state index contributed by atoms with van der Waals surface area (Å²) < 4.78 is 0. The maximum Gasteiger partial charge on any atom is 0.102 e. The van der Waals surface area contributed by atoms with E-state index in [9.17, 15) is 5.11 Å². The Morgan fingerprint density at radius 2 is 2.31 bits per heavy atom. The number of fused-ring (bicyclic) bond motifs is 1. The third-order valence-electron chi connectivity index (χ3n) is 2.91. The van der Waals surface area contributed by atoms with Gasteiger partial charge in [-0.1, -0.05) is 23.8 Å². The van der Waals surface area contributed by atoms with Crippen LogP contribution >= 0.6 is 0 Å². The van der Waals surface area contributed by atoms with Crippen molar-refractivity contribution in [1.29, 1.82) is 0 Å². The Morgan fingerprint density at radius 1 is 1.54 bits per heavy atom. The van der Waals surface area contributed by atoms with Gasteiger partial charge in [0.2, 0.25) is 0 Å². The molecule has 1 aliphatic carbocycles. The van der Waals surface area contributed by atoms with E-state index in [1.54, 1.807) is 0 Å². The highest BCUT2D eigenvalue weighted by atomic mass is 16.3. The molecule has 1 atom stereocenters. The van der Waals surface area contributed by atoms with E-state index in [0.717, 1.165) is 18.4 Å². The van der Waals surface area contributed by atoms with Crippen molar-refractivity contribution in [1.82, 2.24) is 0 Å². The van der Waals surface area contributed by atoms with Crippen LogP contribution in [0.3, 0.4) is 0 Å². The largest absolute Gasteiger partial charge is 0.384 e. The van der Waals surface area contributed by atoms with Crippen LogP contribution in [-0.4, -0.2) is 11.7 Å². The maximum atomic E-state index is 10.2. The fraction of sp³-hybridized carbons (Fsp3) is 0.455. The molecule has 2 heteroatoms. The highest BCUT2D eigenvalue weighted by Gasteiger charge is 2.34. The molecule has 1 aromatic rings. The molecule has 0 aliphatic heterocycles. The van der Waals surface area contributed by atoms with Gasteiger partial charge in [-0.15, -0.1) is 0 Å². The molecule has 1 aliphatic rings. The summed E-state index contributed by atoms with van der Waals surface area (Å²) in [4.78, 5) is 0. The molecule has 0 fully saturated rings. The monoisotopic (exact) mass is 177 g/mol. The van der Waals surface area contributed by atoms with E-state index in [1.807, 2.05) is 6.92 Å². The molecule has 0 saturated carbocycles. The molecule has 0 unspecified atom stereocenters. The lowest BCUT2D eigenvalue weighted by atomic mass is 9.95. The van der Waals surface area contributed by atoms with Crippen LogP contribution in [0.25, 0.3) is 0 Å². The van der Waals surface area contributed by atoms with Gasteiger partial charge in [-0.05, 0) is 30.9 Å². The van der Waals surface area contributed by atoms with Crippen LogP contribution in [0.15, 0.2) is 18.2 Å². The van der Waals surface area contributed by atoms with Gasteiger partial charge in [-0.2, -0.15) is 0 Å². The minimum Gasteiger partial charge on any atom is -0.384 e. The van der Waals surface area contributed by atoms with Crippen molar-refractivity contribution in [3.05, 3.63) is 34.9 Å². The summed E-state index contributed by atoms with van der Waals surface area (Å²) >= 11 is 0. The second-order valence-corrected chi connectivity index (χ2v) is 3.90. The van der Waals surface area contributed by atoms with Crippen LogP contribution in [0.2, 0.25) is 0 Å². The molecule has 0 bridgehead atoms. The Labute approximate surface area is 78.4 Å². The first-order valence-electron chi connectivity index (χ1n) is 4.68. The summed E-state index contributed by atoms with van der Waals surface area (Å²) in [6.45, 7) is 2.36. The molecular formula is C11H15NO. The van der Waals surface area contributed by atoms with E-state index in [2.05, 4.69) is 18.2 Å². The zero-order chi connectivity index (χ0) is 9.47. The lowest BCUT2D eigenvalue weighted by molar-refractivity contribution is 0.0481. The number of rotatable bonds is 1. The van der Waals surface area contributed by atoms with Crippen LogP contribution in [-0.2, 0) is 12.0 Å². The molecule has 2 rings (SSSR count). The molecule has 0 heterocycles. The maximum absolute atomic E-state index is 10.2. The molecule has 0 radical (unpaired) electrons. The number of aryl methyl sites for hydroxylation is 2. The number of nitrogens with two attached hydrogens (primary N) is 1. The van der Waals surface area contributed by atoms with Gasteiger partial charge < -0.3 is 10.8 Å². The second kappa shape index (κ2) is 2.82. The normalized spacial score (nSPS) is 26.1. The number of aliphatic hydroxyl groups is 1. The van der Waals surface area contributed by atoms with Crippen LogP contribution in [0.4, 0.5) is 0 Å². The quantitative estimate of drug-likeness (QED) is 0.674. The highest BCUT2D eigenvalue weighted by Crippen LogP contribution is 2.36. The van der Waals surface area contributed by atoms with Gasteiger partial charge in [0.05, 0.1) is 0 Å². The SMILES string of the molecule is Cc1ccc2c(c1)[C@](O)(CN)CC2. The Kier molecular flexibility index (Phi) is 1.90. The Bertz CT molecular complexity index is 335. The van der Waals surface area contributed by atoms with Crippen molar-refractivity contribution in [2.24, 2.45) is 5.73 Å². The average Bonchev–Trinajstić information content (AvgIpc) is 2.45. The fourth-order valence-corrected chi connectivity index (χ4v) is 2.03. The van der Waals surface area contributed by atoms with Crippen LogP contribution in [0.5, 0.6) is 0 Å². The third-order valence-corrected chi connectivity index (χ3v) is 2.91. The number of hydrogen-bond donors (Lipinski definition) is 2. The molecule has 70 valence electrons. The van der Waals surface area contributed by atoms with E-state index in [0.29, 0.717) is 6.54 Å². The predicted octanol–water partition coefficient (Wildman–Crippen LogP) is 1.09. The Balaban J connectivity index is 2.52. The van der Waals surface area contributed by atoms with Crippen molar-refractivity contribution >= 4 is 0 Å². The first kappa shape index (κ1) is 8.73. The van der Waals surface area contributed by atoms with E-state index in [4.69, 9.17) is 5.73 Å². The summed E-state index contributed by atoms with van der Waals surface area (Å²) in [6.07, 6.45) is 1.71. The minimum absolute atomic E-state index is 0.323. The zero-order valence-electron chi connectivity index (χ0n) is 7.88. The number of benzene rings is 1. The molecule has 0 amide bonds. The third kappa shape index (κ3) is 1.26. The second-order valence-electron chi connectivity index (χ2n) is 3.90. The molecular weight excluding hydrogens is 162 g/mol. The first-order valence-corrected chi connectivity index (χ1v) is 4.68. The molecule has 0 saturated heterocycles. The van der Waals surface area contributed by atoms with Gasteiger partial charge in [-0.25, -0.2) is 0 Å². The van der Waals surface area contributed by atoms with Gasteiger partial charge in [-0.3, -0.25) is 0 Å². The molecule has 0 spiro atoms. The highest BCUT2D eigenvalue weighted by molar-refractivity contribution is 5.40. The minimum atomic E-state index is -0.763. The van der Waals surface area contributed by atoms with E-state index < -0.39 is 5.60 Å². The van der Waals surface area contributed by atoms with E-state index >= 15 is 0 Å². The summed E-state index contributed by atoms with van der Waals surface area (Å²) in [5.74, 6) is 0. The molecule has 0 aromatic heterocycles. The topological polar surface area (TPSA) is 46.2 Å². The van der Waals surface area contributed by atoms with Gasteiger partial charge >= 0.3 is 0 Å². The van der Waals surface area contributed by atoms with Crippen molar-refractivity contribution in [2.75, 3.05) is 6.54 Å². The van der Waals surface area contributed by atoms with Crippen LogP contribution in [0, 0.1) is 6.92 Å². The zero-order valence-corrected chi connectivity index (χ0v) is 7.88. The standard InChI is InChI=1S/C11H15NO/c1-8-2-3-9-4-5-11(13,7-12)10(9)6-8/h2-3,6,13H,4-5,7,12H2,1H3/t11-/m1/s1. The lowest BCUT2D eigenvalue weighted by Crippen LogP contribution is -2.32. The van der Waals surface area contributed by atoms with Gasteiger partial charge in [0.1, 0.15) is 5.60 Å². The number of hydrogen-bond acceptors (Lipinski definition) is 2. The molecule has 1 aromatic carbocycles. The van der Waals surface area contributed by atoms with Gasteiger partial charge in [0.15, 0.2) is 0 Å². The predicted molar refractivity (Wildman–Crippen MR) is 52.5 cm³/mol. The molecule has 2 nitrogen and oxygen atoms in total. The first-order chi connectivity index (χ1) is 6.15. The van der Waals surface area contributed by atoms with E-state index in [-0.39, 0.29) is 0 Å². The van der Waals surface area contributed by atoms with Crippen molar-refractivity contribution in [3.8, 4) is 0 Å². The average molecular weight is 177 g/mol. The van der Waals surface area contributed by atoms with Gasteiger partial charge in [0, 0.05) is 6.54 Å².